The van der Waals surface area contributed by atoms with Crippen LogP contribution in [0.25, 0.3) is 25.1 Å². The number of carbonyl (C=O) groups excluding carboxylic acids is 2. The Kier molecular flexibility index (Phi) is 5.14. The van der Waals surface area contributed by atoms with E-state index in [0.717, 1.165) is 4.90 Å². The molecule has 144 valence electrons. The highest BCUT2D eigenvalue weighted by molar-refractivity contribution is 7.50. The third kappa shape index (κ3) is 3.77. The number of esters is 2. The lowest BCUT2D eigenvalue weighted by molar-refractivity contribution is -0.150. The van der Waals surface area contributed by atoms with Gasteiger partial charge in [0.05, 0.1) is 0 Å². The zero-order valence-corrected chi connectivity index (χ0v) is 16.7. The molecule has 4 nitrogen and oxygen atoms in total. The molecule has 0 saturated heterocycles. The van der Waals surface area contributed by atoms with Gasteiger partial charge in [0.15, 0.2) is 20.9 Å². The first kappa shape index (κ1) is 18.9. The van der Waals surface area contributed by atoms with Crippen LogP contribution in [0, 0.1) is 0 Å². The highest BCUT2D eigenvalue weighted by Crippen LogP contribution is 2.48. The van der Waals surface area contributed by atoms with Crippen molar-refractivity contribution >= 4 is 42.6 Å². The van der Waals surface area contributed by atoms with Gasteiger partial charge in [0, 0.05) is 38.9 Å². The summed E-state index contributed by atoms with van der Waals surface area (Å²) in [4.78, 5) is 24.4. The molecule has 0 aliphatic carbocycles. The lowest BCUT2D eigenvalue weighted by atomic mass is 10.2. The van der Waals surface area contributed by atoms with Crippen LogP contribution in [0.3, 0.4) is 0 Å². The molecule has 4 aromatic rings. The van der Waals surface area contributed by atoms with Crippen molar-refractivity contribution in [3.8, 4) is 10.6 Å². The average molecular weight is 403 g/mol. The standard InChI is InChI=1S/C24H19O4S/c1-16(2)24(26)27-15-23(25)28-17-11-13-18(14-12-17)29-21-9-5-3-7-19(21)20-8-4-6-10-22(20)29/h3-14H,1,15H2,2H3/q+1. The second-order valence-corrected chi connectivity index (χ2v) is 8.56. The van der Waals surface area contributed by atoms with Gasteiger partial charge in [0.2, 0.25) is 0 Å². The zero-order chi connectivity index (χ0) is 20.4. The van der Waals surface area contributed by atoms with Crippen LogP contribution in [0.15, 0.2) is 84.9 Å². The second kappa shape index (κ2) is 7.89. The lowest BCUT2D eigenvalue weighted by Crippen LogP contribution is -2.18. The predicted molar refractivity (Wildman–Crippen MR) is 117 cm³/mol. The molecule has 0 bridgehead atoms. The Labute approximate surface area is 171 Å². The molecular formula is C24H19O4S+. The fraction of sp³-hybridized carbons (Fsp3) is 0.0833. The van der Waals surface area contributed by atoms with Crippen LogP contribution >= 0.6 is 10.5 Å². The first-order chi connectivity index (χ1) is 14.0. The molecule has 0 radical (unpaired) electrons. The molecular weight excluding hydrogens is 384 g/mol. The van der Waals surface area contributed by atoms with Gasteiger partial charge in [-0.15, -0.1) is 0 Å². The maximum Gasteiger partial charge on any atom is 0.349 e. The first-order valence-electron chi connectivity index (χ1n) is 9.10. The van der Waals surface area contributed by atoms with E-state index in [-0.39, 0.29) is 16.0 Å². The lowest BCUT2D eigenvalue weighted by Gasteiger charge is -2.05. The Morgan fingerprint density at radius 1 is 0.862 bits per heavy atom. The van der Waals surface area contributed by atoms with Crippen molar-refractivity contribution in [1.29, 1.82) is 0 Å². The van der Waals surface area contributed by atoms with Gasteiger partial charge in [-0.1, -0.05) is 30.8 Å². The van der Waals surface area contributed by atoms with Crippen LogP contribution < -0.4 is 4.74 Å². The molecule has 4 rings (SSSR count). The summed E-state index contributed by atoms with van der Waals surface area (Å²) in [6.07, 6.45) is 0. The zero-order valence-electron chi connectivity index (χ0n) is 15.9. The Bertz CT molecular complexity index is 1180. The van der Waals surface area contributed by atoms with Gasteiger partial charge in [0.25, 0.3) is 0 Å². The number of benzene rings is 3. The fourth-order valence-corrected chi connectivity index (χ4v) is 5.54. The van der Waals surface area contributed by atoms with E-state index in [9.17, 15) is 9.59 Å². The van der Waals surface area contributed by atoms with Crippen molar-refractivity contribution in [2.45, 2.75) is 6.92 Å². The van der Waals surface area contributed by atoms with E-state index >= 15 is 0 Å². The van der Waals surface area contributed by atoms with Gasteiger partial charge in [0.1, 0.15) is 5.75 Å². The number of hydrogen-bond acceptors (Lipinski definition) is 4. The van der Waals surface area contributed by atoms with E-state index < -0.39 is 18.5 Å². The summed E-state index contributed by atoms with van der Waals surface area (Å²) in [6.45, 7) is 4.55. The highest BCUT2D eigenvalue weighted by atomic mass is 32.2. The number of ether oxygens (including phenoxy) is 2. The third-order valence-electron chi connectivity index (χ3n) is 4.46. The van der Waals surface area contributed by atoms with E-state index in [1.807, 2.05) is 12.1 Å². The topological polar surface area (TPSA) is 52.6 Å². The van der Waals surface area contributed by atoms with Gasteiger partial charge in [-0.3, -0.25) is 0 Å². The van der Waals surface area contributed by atoms with Gasteiger partial charge in [-0.25, -0.2) is 9.59 Å². The van der Waals surface area contributed by atoms with Crippen LogP contribution in [0.5, 0.6) is 5.75 Å². The fourth-order valence-electron chi connectivity index (χ4n) is 3.16. The normalized spacial score (nSPS) is 10.8. The monoisotopic (exact) mass is 403 g/mol. The predicted octanol–water partition coefficient (Wildman–Crippen LogP) is 5.76. The Morgan fingerprint density at radius 2 is 1.41 bits per heavy atom. The van der Waals surface area contributed by atoms with Crippen LogP contribution in [0.1, 0.15) is 6.92 Å². The summed E-state index contributed by atoms with van der Waals surface area (Å²) < 4.78 is 12.7. The summed E-state index contributed by atoms with van der Waals surface area (Å²) in [7, 11) is -0.196. The maximum absolute atomic E-state index is 11.9. The van der Waals surface area contributed by atoms with Gasteiger partial charge in [-0.2, -0.15) is 0 Å². The smallest absolute Gasteiger partial charge is 0.349 e. The van der Waals surface area contributed by atoms with Crippen molar-refractivity contribution in [2.24, 2.45) is 0 Å². The summed E-state index contributed by atoms with van der Waals surface area (Å²) in [5, 5.41) is 2.53. The van der Waals surface area contributed by atoms with Crippen LogP contribution in [0.4, 0.5) is 0 Å². The van der Waals surface area contributed by atoms with Crippen molar-refractivity contribution in [3.63, 3.8) is 0 Å². The molecule has 0 spiro atoms. The van der Waals surface area contributed by atoms with E-state index in [0.29, 0.717) is 5.75 Å². The van der Waals surface area contributed by atoms with Crippen LogP contribution in [-0.2, 0) is 14.3 Å². The van der Waals surface area contributed by atoms with Gasteiger partial charge in [-0.05, 0) is 43.3 Å². The molecule has 5 heteroatoms. The van der Waals surface area contributed by atoms with E-state index in [4.69, 9.17) is 9.47 Å². The maximum atomic E-state index is 11.9. The number of thiophene rings is 1. The number of rotatable bonds is 5. The Morgan fingerprint density at radius 3 is 1.97 bits per heavy atom. The summed E-state index contributed by atoms with van der Waals surface area (Å²) >= 11 is 0. The molecule has 1 heterocycles. The minimum Gasteiger partial charge on any atom is -0.450 e. The summed E-state index contributed by atoms with van der Waals surface area (Å²) in [6, 6.07) is 24.4. The molecule has 0 fully saturated rings. The molecule has 0 unspecified atom stereocenters. The van der Waals surface area contributed by atoms with Crippen LogP contribution in [0.2, 0.25) is 0 Å². The molecule has 3 aromatic carbocycles. The van der Waals surface area contributed by atoms with E-state index in [1.54, 1.807) is 12.1 Å². The molecule has 1 aromatic heterocycles. The first-order valence-corrected chi connectivity index (χ1v) is 10.3. The SMILES string of the molecule is C=C(C)C(=O)OCC(=O)Oc1ccc(-[s+]2c3ccccc3c3ccccc32)cc1. The Balaban J connectivity index is 1.59. The van der Waals surface area contributed by atoms with Crippen molar-refractivity contribution in [1.82, 2.24) is 0 Å². The summed E-state index contributed by atoms with van der Waals surface area (Å²) in [5.74, 6) is -0.835. The largest absolute Gasteiger partial charge is 0.450 e. The molecule has 0 saturated carbocycles. The number of hydrogen-bond donors (Lipinski definition) is 0. The second-order valence-electron chi connectivity index (χ2n) is 6.60. The minimum absolute atomic E-state index is 0.196. The van der Waals surface area contributed by atoms with Gasteiger partial charge < -0.3 is 9.47 Å². The Hall–Kier alpha value is -3.44. The average Bonchev–Trinajstić information content (AvgIpc) is 3.07. The van der Waals surface area contributed by atoms with E-state index in [1.165, 1.54) is 27.1 Å². The van der Waals surface area contributed by atoms with Gasteiger partial charge >= 0.3 is 11.9 Å². The van der Waals surface area contributed by atoms with Crippen molar-refractivity contribution in [3.05, 3.63) is 84.9 Å². The molecule has 0 amide bonds. The molecule has 0 aliphatic heterocycles. The molecule has 29 heavy (non-hydrogen) atoms. The minimum atomic E-state index is -0.633. The number of carbonyl (C=O) groups is 2. The van der Waals surface area contributed by atoms with Crippen molar-refractivity contribution in [2.75, 3.05) is 6.61 Å². The van der Waals surface area contributed by atoms with Crippen LogP contribution in [-0.4, -0.2) is 18.5 Å². The molecule has 0 aliphatic rings. The van der Waals surface area contributed by atoms with Crippen molar-refractivity contribution < 1.29 is 19.1 Å². The third-order valence-corrected chi connectivity index (χ3v) is 6.80. The molecule has 0 N–H and O–H groups in total. The molecule has 0 atom stereocenters. The highest BCUT2D eigenvalue weighted by Gasteiger charge is 2.23. The van der Waals surface area contributed by atoms with E-state index in [2.05, 4.69) is 55.1 Å². The summed E-state index contributed by atoms with van der Waals surface area (Å²) in [5.41, 5.74) is 0.236. The number of fused-ring (bicyclic) bond motifs is 3. The quantitative estimate of drug-likeness (QED) is 0.184.